The lowest BCUT2D eigenvalue weighted by Crippen LogP contribution is -2.49. The van der Waals surface area contributed by atoms with Crippen molar-refractivity contribution in [3.8, 4) is 0 Å². The minimum absolute atomic E-state index is 0.0213. The van der Waals surface area contributed by atoms with E-state index in [0.717, 1.165) is 42.0 Å². The van der Waals surface area contributed by atoms with Crippen LogP contribution in [0.5, 0.6) is 0 Å². The van der Waals surface area contributed by atoms with Crippen LogP contribution >= 0.6 is 0 Å². The molecule has 2 aromatic carbocycles. The zero-order valence-electron chi connectivity index (χ0n) is 16.3. The van der Waals surface area contributed by atoms with E-state index in [1.54, 1.807) is 0 Å². The molecule has 0 radical (unpaired) electrons. The van der Waals surface area contributed by atoms with E-state index < -0.39 is 5.60 Å². The first kappa shape index (κ1) is 18.0. The van der Waals surface area contributed by atoms with E-state index in [1.807, 2.05) is 68.1 Å². The van der Waals surface area contributed by atoms with Gasteiger partial charge in [-0.1, -0.05) is 42.5 Å². The maximum atomic E-state index is 13.3. The lowest BCUT2D eigenvalue weighted by atomic mass is 9.83. The van der Waals surface area contributed by atoms with E-state index in [1.165, 1.54) is 0 Å². The molecule has 2 heterocycles. The van der Waals surface area contributed by atoms with Crippen molar-refractivity contribution in [3.63, 3.8) is 0 Å². The number of ether oxygens (including phenoxy) is 1. The maximum Gasteiger partial charge on any atom is 0.410 e. The van der Waals surface area contributed by atoms with E-state index in [2.05, 4.69) is 0 Å². The van der Waals surface area contributed by atoms with Crippen molar-refractivity contribution in [1.29, 1.82) is 0 Å². The van der Waals surface area contributed by atoms with E-state index >= 15 is 0 Å². The highest BCUT2D eigenvalue weighted by atomic mass is 16.6. The number of fused-ring (bicyclic) bond motifs is 3. The first-order valence-electron chi connectivity index (χ1n) is 9.87. The highest BCUT2D eigenvalue weighted by Crippen LogP contribution is 2.41. The van der Waals surface area contributed by atoms with Gasteiger partial charge in [-0.2, -0.15) is 0 Å². The minimum Gasteiger partial charge on any atom is -0.444 e. The molecule has 4 nitrogen and oxygen atoms in total. The third kappa shape index (κ3) is 3.45. The van der Waals surface area contributed by atoms with Crippen molar-refractivity contribution in [3.05, 3.63) is 48.0 Å². The maximum absolute atomic E-state index is 13.3. The van der Waals surface area contributed by atoms with Crippen molar-refractivity contribution >= 4 is 22.6 Å². The second kappa shape index (κ2) is 6.66. The molecule has 0 aromatic heterocycles. The summed E-state index contributed by atoms with van der Waals surface area (Å²) in [7, 11) is 0. The van der Waals surface area contributed by atoms with Gasteiger partial charge in [0.25, 0.3) is 0 Å². The predicted molar refractivity (Wildman–Crippen MR) is 106 cm³/mol. The van der Waals surface area contributed by atoms with Gasteiger partial charge in [0.1, 0.15) is 5.60 Å². The van der Waals surface area contributed by atoms with Gasteiger partial charge in [-0.05, 0) is 57.2 Å². The summed E-state index contributed by atoms with van der Waals surface area (Å²) >= 11 is 0. The Labute approximate surface area is 160 Å². The second-order valence-electron chi connectivity index (χ2n) is 8.83. The predicted octanol–water partition coefficient (Wildman–Crippen LogP) is 5.20. The Morgan fingerprint density at radius 3 is 2.26 bits per heavy atom. The number of hydrogen-bond donors (Lipinski definition) is 0. The molecule has 2 bridgehead atoms. The normalized spacial score (nSPS) is 24.9. The Morgan fingerprint density at radius 1 is 0.963 bits per heavy atom. The number of amides is 1. The number of benzene rings is 2. The molecule has 142 valence electrons. The number of hydrogen-bond acceptors (Lipinski definition) is 3. The van der Waals surface area contributed by atoms with Crippen LogP contribution in [0.3, 0.4) is 0 Å². The average molecular weight is 365 g/mol. The molecule has 27 heavy (non-hydrogen) atoms. The Hall–Kier alpha value is -2.36. The van der Waals surface area contributed by atoms with Crippen LogP contribution in [0.15, 0.2) is 42.5 Å². The molecule has 2 aromatic rings. The molecular weight excluding hydrogens is 338 g/mol. The van der Waals surface area contributed by atoms with Gasteiger partial charge in [0, 0.05) is 23.6 Å². The lowest BCUT2D eigenvalue weighted by Gasteiger charge is -2.39. The topological polar surface area (TPSA) is 46.6 Å². The van der Waals surface area contributed by atoms with Gasteiger partial charge >= 0.3 is 6.09 Å². The van der Waals surface area contributed by atoms with Gasteiger partial charge in [0.15, 0.2) is 5.78 Å². The van der Waals surface area contributed by atoms with Gasteiger partial charge in [-0.3, -0.25) is 4.79 Å². The lowest BCUT2D eigenvalue weighted by molar-refractivity contribution is 0.00255. The van der Waals surface area contributed by atoms with Crippen LogP contribution in [0.1, 0.15) is 56.8 Å². The Balaban J connectivity index is 1.54. The second-order valence-corrected chi connectivity index (χ2v) is 8.83. The summed E-state index contributed by atoms with van der Waals surface area (Å²) in [6.45, 7) is 5.68. The number of Topliss-reactive ketones (excluding diaryl/α,β-unsaturated/α-hetero) is 1. The van der Waals surface area contributed by atoms with Crippen LogP contribution in [-0.4, -0.2) is 34.5 Å². The molecule has 0 N–H and O–H groups in total. The molecule has 2 unspecified atom stereocenters. The van der Waals surface area contributed by atoms with Crippen molar-refractivity contribution in [2.75, 3.05) is 0 Å². The van der Waals surface area contributed by atoms with Crippen LogP contribution in [-0.2, 0) is 4.74 Å². The largest absolute Gasteiger partial charge is 0.444 e. The molecule has 4 heteroatoms. The van der Waals surface area contributed by atoms with Gasteiger partial charge < -0.3 is 9.64 Å². The molecular formula is C23H27NO3. The van der Waals surface area contributed by atoms with Crippen molar-refractivity contribution in [1.82, 2.24) is 4.90 Å². The van der Waals surface area contributed by atoms with Crippen molar-refractivity contribution in [2.45, 2.75) is 64.1 Å². The molecule has 0 aliphatic carbocycles. The zero-order valence-corrected chi connectivity index (χ0v) is 16.3. The Bertz CT molecular complexity index is 863. The van der Waals surface area contributed by atoms with Gasteiger partial charge in [-0.15, -0.1) is 0 Å². The molecule has 2 aliphatic heterocycles. The van der Waals surface area contributed by atoms with Crippen LogP contribution in [0.4, 0.5) is 4.79 Å². The fourth-order valence-corrected chi connectivity index (χ4v) is 4.66. The third-order valence-electron chi connectivity index (χ3n) is 5.76. The number of rotatable bonds is 2. The van der Waals surface area contributed by atoms with Crippen LogP contribution in [0.2, 0.25) is 0 Å². The number of carbonyl (C=O) groups is 2. The monoisotopic (exact) mass is 365 g/mol. The number of piperidine rings is 1. The summed E-state index contributed by atoms with van der Waals surface area (Å²) in [4.78, 5) is 27.8. The summed E-state index contributed by atoms with van der Waals surface area (Å²) in [5, 5.41) is 2.12. The summed E-state index contributed by atoms with van der Waals surface area (Å²) < 4.78 is 5.60. The quantitative estimate of drug-likeness (QED) is 0.687. The molecule has 2 saturated heterocycles. The molecule has 2 fully saturated rings. The molecule has 0 saturated carbocycles. The van der Waals surface area contributed by atoms with Gasteiger partial charge in [0.2, 0.25) is 0 Å². The van der Waals surface area contributed by atoms with Crippen LogP contribution in [0, 0.1) is 5.92 Å². The first-order valence-corrected chi connectivity index (χ1v) is 9.87. The summed E-state index contributed by atoms with van der Waals surface area (Å²) in [5.41, 5.74) is 0.315. The Morgan fingerprint density at radius 2 is 1.59 bits per heavy atom. The molecule has 2 atom stereocenters. The zero-order chi connectivity index (χ0) is 19.2. The van der Waals surface area contributed by atoms with Crippen molar-refractivity contribution in [2.24, 2.45) is 5.92 Å². The molecule has 0 spiro atoms. The third-order valence-corrected chi connectivity index (χ3v) is 5.76. The SMILES string of the molecule is CC(C)(C)OC(=O)N1C2CCC1CC(C(=O)c1cccc3ccccc13)C2. The standard InChI is InChI=1S/C23H27NO3/c1-23(2,3)27-22(26)24-17-11-12-18(24)14-16(13-17)21(25)20-10-6-8-15-7-4-5-9-19(15)20/h4-10,16-18H,11-14H2,1-3H3. The highest BCUT2D eigenvalue weighted by molar-refractivity contribution is 6.09. The average Bonchev–Trinajstić information content (AvgIpc) is 2.89. The minimum atomic E-state index is -0.494. The summed E-state index contributed by atoms with van der Waals surface area (Å²) in [5.74, 6) is 0.194. The fraction of sp³-hybridized carbons (Fsp3) is 0.478. The van der Waals surface area contributed by atoms with Crippen LogP contribution in [0.25, 0.3) is 10.8 Å². The van der Waals surface area contributed by atoms with Crippen LogP contribution < -0.4 is 0 Å². The molecule has 4 rings (SSSR count). The summed E-state index contributed by atoms with van der Waals surface area (Å²) in [6, 6.07) is 14.2. The molecule has 2 aliphatic rings. The van der Waals surface area contributed by atoms with E-state index in [9.17, 15) is 9.59 Å². The number of carbonyl (C=O) groups excluding carboxylic acids is 2. The number of ketones is 1. The van der Waals surface area contributed by atoms with Crippen molar-refractivity contribution < 1.29 is 14.3 Å². The van der Waals surface area contributed by atoms with E-state index in [-0.39, 0.29) is 29.9 Å². The smallest absolute Gasteiger partial charge is 0.410 e. The van der Waals surface area contributed by atoms with Gasteiger partial charge in [0.05, 0.1) is 0 Å². The number of nitrogens with zero attached hydrogens (tertiary/aromatic N) is 1. The highest BCUT2D eigenvalue weighted by Gasteiger charge is 2.46. The van der Waals surface area contributed by atoms with E-state index in [0.29, 0.717) is 0 Å². The first-order chi connectivity index (χ1) is 12.8. The summed E-state index contributed by atoms with van der Waals surface area (Å²) in [6.07, 6.45) is 3.16. The molecule has 1 amide bonds. The Kier molecular flexibility index (Phi) is 4.45. The van der Waals surface area contributed by atoms with E-state index in [4.69, 9.17) is 4.74 Å². The fourth-order valence-electron chi connectivity index (χ4n) is 4.66. The van der Waals surface area contributed by atoms with Gasteiger partial charge in [-0.25, -0.2) is 4.79 Å².